The van der Waals surface area contributed by atoms with Crippen LogP contribution in [0.3, 0.4) is 0 Å². The normalized spacial score (nSPS) is 19.2. The topological polar surface area (TPSA) is 23.6 Å². The number of rotatable bonds is 4. The largest absolute Gasteiger partial charge is 0.338 e. The number of nitrogens with zero attached hydrogens (tertiary/aromatic N) is 2. The van der Waals surface area contributed by atoms with E-state index in [9.17, 15) is 4.79 Å². The first-order chi connectivity index (χ1) is 11.1. The molecule has 1 aliphatic rings. The summed E-state index contributed by atoms with van der Waals surface area (Å²) in [6.45, 7) is 5.75. The lowest BCUT2D eigenvalue weighted by atomic mass is 10.0. The molecule has 0 radical (unpaired) electrons. The quantitative estimate of drug-likeness (QED) is 0.850. The number of carbonyl (C=O) groups excluding carboxylic acids is 1. The molecule has 0 fully saturated rings. The fourth-order valence-corrected chi connectivity index (χ4v) is 4.20. The highest BCUT2D eigenvalue weighted by molar-refractivity contribution is 7.10. The van der Waals surface area contributed by atoms with Gasteiger partial charge in [0.05, 0.1) is 12.6 Å². The van der Waals surface area contributed by atoms with Crippen LogP contribution in [0.2, 0.25) is 0 Å². The average Bonchev–Trinajstić information content (AvgIpc) is 3.06. The summed E-state index contributed by atoms with van der Waals surface area (Å²) >= 11 is 1.84. The van der Waals surface area contributed by atoms with Crippen LogP contribution in [0.4, 0.5) is 0 Å². The number of likely N-dealkylation sites (N-methyl/N-ethyl adjacent to an activating group) is 1. The van der Waals surface area contributed by atoms with Crippen LogP contribution >= 0.6 is 11.3 Å². The summed E-state index contributed by atoms with van der Waals surface area (Å²) in [7, 11) is 1.91. The van der Waals surface area contributed by atoms with Crippen LogP contribution in [0.1, 0.15) is 41.9 Å². The Morgan fingerprint density at radius 1 is 1.35 bits per heavy atom. The van der Waals surface area contributed by atoms with Crippen molar-refractivity contribution in [3.63, 3.8) is 0 Å². The van der Waals surface area contributed by atoms with Crippen LogP contribution in [-0.4, -0.2) is 35.8 Å². The molecule has 0 aliphatic carbocycles. The highest BCUT2D eigenvalue weighted by atomic mass is 32.1. The van der Waals surface area contributed by atoms with Crippen molar-refractivity contribution in [3.8, 4) is 0 Å². The number of benzene rings is 1. The van der Waals surface area contributed by atoms with Gasteiger partial charge in [-0.05, 0) is 42.8 Å². The van der Waals surface area contributed by atoms with Gasteiger partial charge in [-0.3, -0.25) is 9.69 Å². The van der Waals surface area contributed by atoms with E-state index in [1.165, 1.54) is 16.0 Å². The summed E-state index contributed by atoms with van der Waals surface area (Å²) in [6.07, 6.45) is 1.06. The Kier molecular flexibility index (Phi) is 4.83. The zero-order valence-electron chi connectivity index (χ0n) is 14.0. The van der Waals surface area contributed by atoms with Crippen molar-refractivity contribution in [1.82, 2.24) is 9.80 Å². The third kappa shape index (κ3) is 3.33. The minimum Gasteiger partial charge on any atom is -0.338 e. The van der Waals surface area contributed by atoms with Gasteiger partial charge in [-0.2, -0.15) is 0 Å². The van der Waals surface area contributed by atoms with Crippen molar-refractivity contribution in [1.29, 1.82) is 0 Å². The fraction of sp³-hybridized carbons (Fsp3) is 0.421. The molecule has 1 amide bonds. The van der Waals surface area contributed by atoms with Gasteiger partial charge in [-0.25, -0.2) is 0 Å². The van der Waals surface area contributed by atoms with Gasteiger partial charge in [0, 0.05) is 24.5 Å². The van der Waals surface area contributed by atoms with Crippen molar-refractivity contribution >= 4 is 17.2 Å². The molecule has 0 saturated heterocycles. The number of fused-ring (bicyclic) bond motifs is 1. The Labute approximate surface area is 142 Å². The van der Waals surface area contributed by atoms with E-state index >= 15 is 0 Å². The Bertz CT molecular complexity index is 667. The molecule has 1 aliphatic heterocycles. The molecule has 0 unspecified atom stereocenters. The monoisotopic (exact) mass is 328 g/mol. The number of hydrogen-bond acceptors (Lipinski definition) is 3. The van der Waals surface area contributed by atoms with Crippen LogP contribution in [0, 0.1) is 0 Å². The molecule has 0 bridgehead atoms. The van der Waals surface area contributed by atoms with Crippen molar-refractivity contribution < 1.29 is 4.79 Å². The molecule has 3 rings (SSSR count). The molecule has 0 saturated carbocycles. The Morgan fingerprint density at radius 2 is 2.09 bits per heavy atom. The smallest absolute Gasteiger partial charge is 0.237 e. The van der Waals surface area contributed by atoms with E-state index in [0.717, 1.165) is 13.0 Å². The summed E-state index contributed by atoms with van der Waals surface area (Å²) in [5, 5.41) is 2.16. The highest BCUT2D eigenvalue weighted by Crippen LogP contribution is 2.32. The number of amides is 1. The van der Waals surface area contributed by atoms with Crippen molar-refractivity contribution in [2.75, 3.05) is 20.1 Å². The standard InChI is InChI=1S/C19H24N2OS/c1-14(16-7-5-4-6-8-16)20(3)19(22)13-21-11-9-18-17(15(21)2)10-12-23-18/h4-8,10,12,14-15H,9,11,13H2,1-3H3/t14-,15+/m1/s1. The van der Waals surface area contributed by atoms with E-state index in [1.54, 1.807) is 0 Å². The predicted octanol–water partition coefficient (Wildman–Crippen LogP) is 3.89. The molecular formula is C19H24N2OS. The lowest BCUT2D eigenvalue weighted by molar-refractivity contribution is -0.133. The number of thiophene rings is 1. The molecule has 4 heteroatoms. The molecule has 2 atom stereocenters. The molecule has 3 nitrogen and oxygen atoms in total. The second-order valence-electron chi connectivity index (χ2n) is 6.29. The first kappa shape index (κ1) is 16.2. The molecule has 1 aromatic heterocycles. The molecule has 2 aromatic rings. The minimum atomic E-state index is 0.0977. The van der Waals surface area contributed by atoms with Crippen LogP contribution in [-0.2, 0) is 11.2 Å². The van der Waals surface area contributed by atoms with Gasteiger partial charge in [-0.15, -0.1) is 11.3 Å². The first-order valence-corrected chi connectivity index (χ1v) is 9.07. The molecule has 23 heavy (non-hydrogen) atoms. The zero-order valence-corrected chi connectivity index (χ0v) is 14.8. The third-order valence-electron chi connectivity index (χ3n) is 5.00. The maximum atomic E-state index is 12.7. The lowest BCUT2D eigenvalue weighted by Crippen LogP contribution is -2.42. The Balaban J connectivity index is 1.65. The summed E-state index contributed by atoms with van der Waals surface area (Å²) in [6, 6.07) is 12.8. The average molecular weight is 328 g/mol. The van der Waals surface area contributed by atoms with Crippen LogP contribution < -0.4 is 0 Å². The molecule has 0 N–H and O–H groups in total. The minimum absolute atomic E-state index is 0.0977. The zero-order chi connectivity index (χ0) is 16.4. The van der Waals surface area contributed by atoms with Crippen molar-refractivity contribution in [2.45, 2.75) is 32.4 Å². The summed E-state index contributed by atoms with van der Waals surface area (Å²) in [4.78, 5) is 18.4. The van der Waals surface area contributed by atoms with E-state index in [1.807, 2.05) is 41.5 Å². The molecular weight excluding hydrogens is 304 g/mol. The van der Waals surface area contributed by atoms with Crippen LogP contribution in [0.5, 0.6) is 0 Å². The van der Waals surface area contributed by atoms with Crippen LogP contribution in [0.25, 0.3) is 0 Å². The van der Waals surface area contributed by atoms with Gasteiger partial charge in [0.15, 0.2) is 0 Å². The van der Waals surface area contributed by atoms with E-state index in [-0.39, 0.29) is 11.9 Å². The van der Waals surface area contributed by atoms with Gasteiger partial charge < -0.3 is 4.90 Å². The summed E-state index contributed by atoms with van der Waals surface area (Å²) < 4.78 is 0. The van der Waals surface area contributed by atoms with E-state index < -0.39 is 0 Å². The number of carbonyl (C=O) groups is 1. The van der Waals surface area contributed by atoms with Crippen LogP contribution in [0.15, 0.2) is 41.8 Å². The van der Waals surface area contributed by atoms with Gasteiger partial charge in [0.25, 0.3) is 0 Å². The molecule has 2 heterocycles. The van der Waals surface area contributed by atoms with Gasteiger partial charge >= 0.3 is 0 Å². The van der Waals surface area contributed by atoms with Gasteiger partial charge in [0.2, 0.25) is 5.91 Å². The lowest BCUT2D eigenvalue weighted by Gasteiger charge is -2.35. The maximum absolute atomic E-state index is 12.7. The second-order valence-corrected chi connectivity index (χ2v) is 7.29. The number of hydrogen-bond donors (Lipinski definition) is 0. The maximum Gasteiger partial charge on any atom is 0.237 e. The highest BCUT2D eigenvalue weighted by Gasteiger charge is 2.28. The van der Waals surface area contributed by atoms with Gasteiger partial charge in [0.1, 0.15) is 0 Å². The van der Waals surface area contributed by atoms with E-state index in [2.05, 4.69) is 42.3 Å². The fourth-order valence-electron chi connectivity index (χ4n) is 3.23. The second kappa shape index (κ2) is 6.85. The SMILES string of the molecule is C[C@H](c1ccccc1)N(C)C(=O)CN1CCc2sccc2[C@@H]1C. The van der Waals surface area contributed by atoms with E-state index in [4.69, 9.17) is 0 Å². The molecule has 1 aromatic carbocycles. The van der Waals surface area contributed by atoms with Crippen molar-refractivity contribution in [2.24, 2.45) is 0 Å². The summed E-state index contributed by atoms with van der Waals surface area (Å²) in [5.41, 5.74) is 2.57. The first-order valence-electron chi connectivity index (χ1n) is 8.19. The van der Waals surface area contributed by atoms with E-state index in [0.29, 0.717) is 12.6 Å². The Morgan fingerprint density at radius 3 is 2.83 bits per heavy atom. The predicted molar refractivity (Wildman–Crippen MR) is 95.6 cm³/mol. The summed E-state index contributed by atoms with van der Waals surface area (Å²) in [5.74, 6) is 0.187. The molecule has 0 spiro atoms. The molecule has 122 valence electrons. The van der Waals surface area contributed by atoms with Crippen molar-refractivity contribution in [3.05, 3.63) is 57.8 Å². The van der Waals surface area contributed by atoms with Gasteiger partial charge in [-0.1, -0.05) is 30.3 Å². The third-order valence-corrected chi connectivity index (χ3v) is 5.99. The Hall–Kier alpha value is -1.65.